The number of imide groups is 1. The number of sulfonamides is 1. The Bertz CT molecular complexity index is 1100. The summed E-state index contributed by atoms with van der Waals surface area (Å²) < 4.78 is 44.6. The zero-order valence-corrected chi connectivity index (χ0v) is 18.5. The maximum Gasteiger partial charge on any atom is 0.241 e. The number of amides is 2. The summed E-state index contributed by atoms with van der Waals surface area (Å²) in [6, 6.07) is 8.46. The molecule has 2 amide bonds. The van der Waals surface area contributed by atoms with E-state index in [1.165, 1.54) is 39.5 Å². The Morgan fingerprint density at radius 3 is 2.10 bits per heavy atom. The molecular weight excluding hydrogens is 424 g/mol. The normalized spacial score (nSPS) is 15.2. The first-order valence-electron chi connectivity index (χ1n) is 9.50. The number of nitrogens with one attached hydrogen (secondary N) is 1. The van der Waals surface area contributed by atoms with Gasteiger partial charge in [0.2, 0.25) is 21.8 Å². The lowest BCUT2D eigenvalue weighted by Crippen LogP contribution is -2.30. The van der Waals surface area contributed by atoms with E-state index in [9.17, 15) is 18.0 Å². The van der Waals surface area contributed by atoms with E-state index in [1.807, 2.05) is 0 Å². The fourth-order valence-corrected chi connectivity index (χ4v) is 4.64. The second kappa shape index (κ2) is 8.94. The van der Waals surface area contributed by atoms with Crippen molar-refractivity contribution in [2.45, 2.75) is 30.7 Å². The van der Waals surface area contributed by atoms with Gasteiger partial charge in [-0.3, -0.25) is 9.59 Å². The van der Waals surface area contributed by atoms with Gasteiger partial charge in [0.1, 0.15) is 17.2 Å². The first-order chi connectivity index (χ1) is 14.7. The molecule has 1 N–H and O–H groups in total. The number of benzene rings is 2. The molecule has 0 radical (unpaired) electrons. The Labute approximate surface area is 181 Å². The summed E-state index contributed by atoms with van der Waals surface area (Å²) in [7, 11) is 0.374. The average molecular weight is 448 g/mol. The van der Waals surface area contributed by atoms with E-state index in [4.69, 9.17) is 14.2 Å². The fraction of sp³-hybridized carbons (Fsp3) is 0.333. The lowest BCUT2D eigenvalue weighted by Gasteiger charge is -2.20. The van der Waals surface area contributed by atoms with Crippen molar-refractivity contribution >= 4 is 27.5 Å². The number of nitrogens with zero attached hydrogens (tertiary/aromatic N) is 1. The molecule has 1 fully saturated rings. The number of hydrogen-bond acceptors (Lipinski definition) is 7. The molecule has 3 rings (SSSR count). The first kappa shape index (κ1) is 22.6. The minimum atomic E-state index is -4.02. The van der Waals surface area contributed by atoms with Gasteiger partial charge in [-0.2, -0.15) is 0 Å². The summed E-state index contributed by atoms with van der Waals surface area (Å²) in [6.07, 6.45) is 0.147. The lowest BCUT2D eigenvalue weighted by atomic mass is 10.1. The molecule has 2 aromatic rings. The van der Waals surface area contributed by atoms with Crippen molar-refractivity contribution in [3.63, 3.8) is 0 Å². The molecule has 10 heteroatoms. The SMILES string of the molecule is COc1ccc(OC)c(C(C)NS(=O)(=O)c2ccc(OC)c(N3C(=O)CCC3=O)c2)c1. The van der Waals surface area contributed by atoms with Crippen molar-refractivity contribution in [1.82, 2.24) is 4.72 Å². The van der Waals surface area contributed by atoms with E-state index in [2.05, 4.69) is 4.72 Å². The van der Waals surface area contributed by atoms with E-state index >= 15 is 0 Å². The number of carbonyl (C=O) groups excluding carboxylic acids is 2. The van der Waals surface area contributed by atoms with Crippen molar-refractivity contribution in [1.29, 1.82) is 0 Å². The van der Waals surface area contributed by atoms with Crippen LogP contribution < -0.4 is 23.8 Å². The van der Waals surface area contributed by atoms with Gasteiger partial charge >= 0.3 is 0 Å². The molecule has 1 atom stereocenters. The maximum absolute atomic E-state index is 13.1. The zero-order valence-electron chi connectivity index (χ0n) is 17.7. The molecule has 166 valence electrons. The maximum atomic E-state index is 13.1. The minimum absolute atomic E-state index is 0.0733. The topological polar surface area (TPSA) is 111 Å². The fourth-order valence-electron chi connectivity index (χ4n) is 3.40. The van der Waals surface area contributed by atoms with Crippen molar-refractivity contribution in [3.05, 3.63) is 42.0 Å². The summed E-state index contributed by atoms with van der Waals surface area (Å²) in [5, 5.41) is 0. The third kappa shape index (κ3) is 4.49. The second-order valence-electron chi connectivity index (χ2n) is 6.91. The lowest BCUT2D eigenvalue weighted by molar-refractivity contribution is -0.121. The van der Waals surface area contributed by atoms with Crippen LogP contribution in [0.5, 0.6) is 17.2 Å². The molecule has 0 bridgehead atoms. The van der Waals surface area contributed by atoms with E-state index in [0.717, 1.165) is 4.90 Å². The van der Waals surface area contributed by atoms with E-state index in [0.29, 0.717) is 17.1 Å². The number of hydrogen-bond donors (Lipinski definition) is 1. The van der Waals surface area contributed by atoms with E-state index in [-0.39, 0.29) is 29.2 Å². The summed E-state index contributed by atoms with van der Waals surface area (Å²) in [4.78, 5) is 25.2. The third-order valence-corrected chi connectivity index (χ3v) is 6.53. The van der Waals surface area contributed by atoms with Crippen molar-refractivity contribution in [2.24, 2.45) is 0 Å². The number of rotatable bonds is 8. The van der Waals surface area contributed by atoms with Crippen LogP contribution in [0.4, 0.5) is 5.69 Å². The van der Waals surface area contributed by atoms with Crippen molar-refractivity contribution in [3.8, 4) is 17.2 Å². The van der Waals surface area contributed by atoms with E-state index in [1.54, 1.807) is 25.1 Å². The summed E-state index contributed by atoms with van der Waals surface area (Å²) in [5.41, 5.74) is 0.688. The van der Waals surface area contributed by atoms with E-state index < -0.39 is 27.9 Å². The van der Waals surface area contributed by atoms with Crippen LogP contribution >= 0.6 is 0 Å². The number of methoxy groups -OCH3 is 3. The van der Waals surface area contributed by atoms with Gasteiger partial charge in [-0.25, -0.2) is 18.0 Å². The molecule has 1 aliphatic rings. The smallest absolute Gasteiger partial charge is 0.241 e. The van der Waals surface area contributed by atoms with Gasteiger partial charge in [-0.15, -0.1) is 0 Å². The van der Waals surface area contributed by atoms with Gasteiger partial charge < -0.3 is 14.2 Å². The van der Waals surface area contributed by atoms with Crippen molar-refractivity contribution < 1.29 is 32.2 Å². The monoisotopic (exact) mass is 448 g/mol. The van der Waals surface area contributed by atoms with Crippen molar-refractivity contribution in [2.75, 3.05) is 26.2 Å². The highest BCUT2D eigenvalue weighted by Gasteiger charge is 2.33. The van der Waals surface area contributed by atoms with Gasteiger partial charge in [0, 0.05) is 24.4 Å². The Balaban J connectivity index is 1.96. The van der Waals surface area contributed by atoms with Crippen LogP contribution in [-0.4, -0.2) is 41.6 Å². The first-order valence-corrected chi connectivity index (χ1v) is 11.0. The van der Waals surface area contributed by atoms with Crippen LogP contribution in [-0.2, 0) is 19.6 Å². The predicted octanol–water partition coefficient (Wildman–Crippen LogP) is 2.41. The quantitative estimate of drug-likeness (QED) is 0.617. The molecule has 0 spiro atoms. The number of anilines is 1. The van der Waals surface area contributed by atoms with Crippen LogP contribution in [0.1, 0.15) is 31.4 Å². The van der Waals surface area contributed by atoms with Gasteiger partial charge in [-0.05, 0) is 43.3 Å². The largest absolute Gasteiger partial charge is 0.497 e. The van der Waals surface area contributed by atoms with Gasteiger partial charge in [-0.1, -0.05) is 0 Å². The van der Waals surface area contributed by atoms with Gasteiger partial charge in [0.25, 0.3) is 0 Å². The molecule has 1 heterocycles. The summed E-state index contributed by atoms with van der Waals surface area (Å²) in [6.45, 7) is 1.67. The summed E-state index contributed by atoms with van der Waals surface area (Å²) in [5.74, 6) is 0.477. The molecule has 0 aromatic heterocycles. The van der Waals surface area contributed by atoms with Gasteiger partial charge in [0.15, 0.2) is 0 Å². The zero-order chi connectivity index (χ0) is 22.8. The molecule has 31 heavy (non-hydrogen) atoms. The highest BCUT2D eigenvalue weighted by atomic mass is 32.2. The highest BCUT2D eigenvalue weighted by Crippen LogP contribution is 2.35. The highest BCUT2D eigenvalue weighted by molar-refractivity contribution is 7.89. The molecular formula is C21H24N2O7S. The molecule has 0 saturated carbocycles. The standard InChI is InChI=1S/C21H24N2O7S/c1-13(16-11-14(28-2)5-7-18(16)29-3)22-31(26,27)15-6-8-19(30-4)17(12-15)23-20(24)9-10-21(23)25/h5-8,11-13,22H,9-10H2,1-4H3. The number of ether oxygens (including phenoxy) is 3. The molecule has 1 unspecified atom stereocenters. The molecule has 0 aliphatic carbocycles. The van der Waals surface area contributed by atoms with Crippen LogP contribution in [0, 0.1) is 0 Å². The number of carbonyl (C=O) groups is 2. The molecule has 9 nitrogen and oxygen atoms in total. The Kier molecular flexibility index (Phi) is 6.51. The second-order valence-corrected chi connectivity index (χ2v) is 8.62. The Morgan fingerprint density at radius 2 is 1.52 bits per heavy atom. The van der Waals surface area contributed by atoms with Crippen LogP contribution in [0.3, 0.4) is 0 Å². The Morgan fingerprint density at radius 1 is 0.903 bits per heavy atom. The van der Waals surface area contributed by atoms with Crippen LogP contribution in [0.15, 0.2) is 41.3 Å². The van der Waals surface area contributed by atoms with Crippen LogP contribution in [0.25, 0.3) is 0 Å². The molecule has 1 aliphatic heterocycles. The van der Waals surface area contributed by atoms with Gasteiger partial charge in [0.05, 0.1) is 31.9 Å². The third-order valence-electron chi connectivity index (χ3n) is 4.99. The minimum Gasteiger partial charge on any atom is -0.497 e. The molecule has 1 saturated heterocycles. The summed E-state index contributed by atoms with van der Waals surface area (Å²) >= 11 is 0. The predicted molar refractivity (Wildman–Crippen MR) is 113 cm³/mol. The average Bonchev–Trinajstić information content (AvgIpc) is 3.10. The van der Waals surface area contributed by atoms with Crippen LogP contribution in [0.2, 0.25) is 0 Å². The molecule has 2 aromatic carbocycles. The Hall–Kier alpha value is -3.11.